The normalized spacial score (nSPS) is 12.2. The van der Waals surface area contributed by atoms with E-state index in [9.17, 15) is 18.6 Å². The number of ether oxygens (including phenoxy) is 1. The van der Waals surface area contributed by atoms with Gasteiger partial charge in [-0.15, -0.1) is 0 Å². The molecule has 1 N–H and O–H groups in total. The second-order valence-electron chi connectivity index (χ2n) is 6.75. The number of nitrogens with zero attached hydrogens (tertiary/aromatic N) is 1. The van der Waals surface area contributed by atoms with E-state index >= 15 is 0 Å². The van der Waals surface area contributed by atoms with E-state index in [0.29, 0.717) is 10.6 Å². The Balaban J connectivity index is 2.64. The van der Waals surface area contributed by atoms with Gasteiger partial charge in [0.25, 0.3) is 5.91 Å². The molecule has 7 nitrogen and oxygen atoms in total. The van der Waals surface area contributed by atoms with E-state index in [4.69, 9.17) is 4.74 Å². The Hall–Kier alpha value is -2.22. The molecule has 8 heteroatoms. The molecular weight excluding hydrogens is 356 g/mol. The standard InChI is InChI=1S/C18H26N2O5S/c1-6-26(24)14-10-8-7-9-13(14)17(23)25-12-16(22)20(5)11-15(21)19-18(2,3)4/h7-10H,6,11-12H2,1-5H3,(H,19,21). The molecule has 26 heavy (non-hydrogen) atoms. The summed E-state index contributed by atoms with van der Waals surface area (Å²) >= 11 is 0. The molecule has 2 amide bonds. The van der Waals surface area contributed by atoms with E-state index < -0.39 is 34.8 Å². The maximum atomic E-state index is 12.2. The van der Waals surface area contributed by atoms with Crippen LogP contribution in [-0.4, -0.2) is 58.4 Å². The highest BCUT2D eigenvalue weighted by Gasteiger charge is 2.20. The Morgan fingerprint density at radius 3 is 2.38 bits per heavy atom. The molecule has 0 aliphatic rings. The molecule has 1 atom stereocenters. The maximum absolute atomic E-state index is 12.2. The van der Waals surface area contributed by atoms with Gasteiger partial charge in [0.15, 0.2) is 6.61 Å². The van der Waals surface area contributed by atoms with Gasteiger partial charge >= 0.3 is 5.97 Å². The molecule has 1 unspecified atom stereocenters. The van der Waals surface area contributed by atoms with Gasteiger partial charge in [-0.3, -0.25) is 13.8 Å². The van der Waals surface area contributed by atoms with Gasteiger partial charge in [-0.2, -0.15) is 0 Å². The van der Waals surface area contributed by atoms with Crippen LogP contribution in [0.25, 0.3) is 0 Å². The largest absolute Gasteiger partial charge is 0.452 e. The number of rotatable bonds is 7. The second kappa shape index (κ2) is 9.47. The summed E-state index contributed by atoms with van der Waals surface area (Å²) in [4.78, 5) is 37.7. The molecule has 0 spiro atoms. The van der Waals surface area contributed by atoms with Crippen molar-refractivity contribution in [2.75, 3.05) is 26.0 Å². The minimum absolute atomic E-state index is 0.135. The number of benzene rings is 1. The quantitative estimate of drug-likeness (QED) is 0.719. The number of hydrogen-bond acceptors (Lipinski definition) is 5. The SMILES string of the molecule is CCS(=O)c1ccccc1C(=O)OCC(=O)N(C)CC(=O)NC(C)(C)C. The summed E-state index contributed by atoms with van der Waals surface area (Å²) in [7, 11) is 0.145. The predicted octanol–water partition coefficient (Wildman–Crippen LogP) is 1.34. The Bertz CT molecular complexity index is 697. The first-order valence-corrected chi connectivity index (χ1v) is 9.56. The average molecular weight is 382 g/mol. The fourth-order valence-corrected chi connectivity index (χ4v) is 3.00. The van der Waals surface area contributed by atoms with Gasteiger partial charge in [0.05, 0.1) is 27.8 Å². The predicted molar refractivity (Wildman–Crippen MR) is 99.2 cm³/mol. The number of amides is 2. The Kier molecular flexibility index (Phi) is 7.95. The van der Waals surface area contributed by atoms with Crippen molar-refractivity contribution in [3.63, 3.8) is 0 Å². The lowest BCUT2D eigenvalue weighted by Gasteiger charge is -2.23. The van der Waals surface area contributed by atoms with E-state index in [1.807, 2.05) is 20.8 Å². The molecule has 1 aromatic rings. The molecule has 0 aromatic heterocycles. The molecule has 0 aliphatic heterocycles. The van der Waals surface area contributed by atoms with Crippen LogP contribution in [0.15, 0.2) is 29.2 Å². The van der Waals surface area contributed by atoms with Crippen LogP contribution >= 0.6 is 0 Å². The Labute approximate surface area is 156 Å². The fourth-order valence-electron chi connectivity index (χ4n) is 2.07. The summed E-state index contributed by atoms with van der Waals surface area (Å²) in [6.45, 7) is 6.64. The summed E-state index contributed by atoms with van der Waals surface area (Å²) in [5.74, 6) is -1.15. The van der Waals surface area contributed by atoms with Crippen LogP contribution in [0.5, 0.6) is 0 Å². The zero-order valence-corrected chi connectivity index (χ0v) is 16.6. The Morgan fingerprint density at radius 2 is 1.81 bits per heavy atom. The fraction of sp³-hybridized carbons (Fsp3) is 0.500. The van der Waals surface area contributed by atoms with E-state index in [0.717, 1.165) is 0 Å². The minimum atomic E-state index is -1.31. The first-order valence-electron chi connectivity index (χ1n) is 8.24. The van der Waals surface area contributed by atoms with Gasteiger partial charge in [0.2, 0.25) is 5.91 Å². The van der Waals surface area contributed by atoms with Crippen molar-refractivity contribution in [2.45, 2.75) is 38.1 Å². The van der Waals surface area contributed by atoms with Crippen LogP contribution in [0, 0.1) is 0 Å². The molecular formula is C18H26N2O5S. The molecule has 0 bridgehead atoms. The lowest BCUT2D eigenvalue weighted by molar-refractivity contribution is -0.137. The molecule has 0 radical (unpaired) electrons. The zero-order chi connectivity index (χ0) is 19.9. The summed E-state index contributed by atoms with van der Waals surface area (Å²) in [6.07, 6.45) is 0. The van der Waals surface area contributed by atoms with Crippen molar-refractivity contribution in [3.8, 4) is 0 Å². The van der Waals surface area contributed by atoms with Crippen LogP contribution in [0.1, 0.15) is 38.1 Å². The number of hydrogen-bond donors (Lipinski definition) is 1. The molecule has 0 aliphatic carbocycles. The number of nitrogens with one attached hydrogen (secondary N) is 1. The molecule has 0 heterocycles. The molecule has 1 aromatic carbocycles. The van der Waals surface area contributed by atoms with Crippen LogP contribution < -0.4 is 5.32 Å². The highest BCUT2D eigenvalue weighted by Crippen LogP contribution is 2.15. The second-order valence-corrected chi connectivity index (χ2v) is 8.46. The van der Waals surface area contributed by atoms with Gasteiger partial charge in [-0.25, -0.2) is 4.79 Å². The van der Waals surface area contributed by atoms with Crippen molar-refractivity contribution in [3.05, 3.63) is 29.8 Å². The highest BCUT2D eigenvalue weighted by molar-refractivity contribution is 7.85. The average Bonchev–Trinajstić information content (AvgIpc) is 2.56. The lowest BCUT2D eigenvalue weighted by atomic mass is 10.1. The summed E-state index contributed by atoms with van der Waals surface area (Å²) in [5, 5.41) is 2.75. The van der Waals surface area contributed by atoms with Crippen LogP contribution in [0.3, 0.4) is 0 Å². The van der Waals surface area contributed by atoms with Crippen molar-refractivity contribution in [2.24, 2.45) is 0 Å². The molecule has 0 fully saturated rings. The van der Waals surface area contributed by atoms with Crippen LogP contribution in [-0.2, 0) is 25.1 Å². The molecule has 0 saturated heterocycles. The van der Waals surface area contributed by atoms with E-state index in [1.165, 1.54) is 18.0 Å². The summed E-state index contributed by atoms with van der Waals surface area (Å²) in [6, 6.07) is 6.43. The highest BCUT2D eigenvalue weighted by atomic mass is 32.2. The third-order valence-corrected chi connectivity index (χ3v) is 4.63. The summed E-state index contributed by atoms with van der Waals surface area (Å²) in [5.41, 5.74) is -0.222. The monoisotopic (exact) mass is 382 g/mol. The topological polar surface area (TPSA) is 92.8 Å². The smallest absolute Gasteiger partial charge is 0.339 e. The minimum Gasteiger partial charge on any atom is -0.452 e. The first kappa shape index (κ1) is 21.8. The lowest BCUT2D eigenvalue weighted by Crippen LogP contribution is -2.46. The van der Waals surface area contributed by atoms with Crippen molar-refractivity contribution >= 4 is 28.6 Å². The van der Waals surface area contributed by atoms with E-state index in [1.54, 1.807) is 25.1 Å². The number of esters is 1. The zero-order valence-electron chi connectivity index (χ0n) is 15.8. The van der Waals surface area contributed by atoms with E-state index in [2.05, 4.69) is 5.32 Å². The van der Waals surface area contributed by atoms with Crippen molar-refractivity contribution in [1.82, 2.24) is 10.2 Å². The van der Waals surface area contributed by atoms with Gasteiger partial charge in [-0.1, -0.05) is 19.1 Å². The maximum Gasteiger partial charge on any atom is 0.339 e. The number of carbonyl (C=O) groups is 3. The molecule has 144 valence electrons. The summed E-state index contributed by atoms with van der Waals surface area (Å²) < 4.78 is 17.0. The third-order valence-electron chi connectivity index (χ3n) is 3.26. The number of likely N-dealkylation sites (N-methyl/N-ethyl adjacent to an activating group) is 1. The van der Waals surface area contributed by atoms with E-state index in [-0.39, 0.29) is 18.0 Å². The van der Waals surface area contributed by atoms with Gasteiger partial charge in [0.1, 0.15) is 0 Å². The third kappa shape index (κ3) is 6.95. The van der Waals surface area contributed by atoms with Gasteiger partial charge < -0.3 is 15.0 Å². The van der Waals surface area contributed by atoms with Crippen LogP contribution in [0.4, 0.5) is 0 Å². The number of carbonyl (C=O) groups excluding carboxylic acids is 3. The van der Waals surface area contributed by atoms with Gasteiger partial charge in [-0.05, 0) is 32.9 Å². The van der Waals surface area contributed by atoms with Gasteiger partial charge in [0, 0.05) is 18.3 Å². The molecule has 0 saturated carbocycles. The van der Waals surface area contributed by atoms with Crippen molar-refractivity contribution in [1.29, 1.82) is 0 Å². The molecule has 1 rings (SSSR count). The first-order chi connectivity index (χ1) is 12.0. The Morgan fingerprint density at radius 1 is 1.19 bits per heavy atom. The van der Waals surface area contributed by atoms with Crippen LogP contribution in [0.2, 0.25) is 0 Å². The van der Waals surface area contributed by atoms with Crippen molar-refractivity contribution < 1.29 is 23.3 Å².